The van der Waals surface area contributed by atoms with Gasteiger partial charge in [-0.2, -0.15) is 0 Å². The van der Waals surface area contributed by atoms with Gasteiger partial charge in [-0.3, -0.25) is 4.79 Å². The highest BCUT2D eigenvalue weighted by Crippen LogP contribution is 2.31. The number of piperidine rings is 1. The number of anilines is 1. The van der Waals surface area contributed by atoms with E-state index in [0.717, 1.165) is 47.4 Å². The number of aromatic amines is 2. The van der Waals surface area contributed by atoms with Crippen molar-refractivity contribution in [1.29, 1.82) is 0 Å². The van der Waals surface area contributed by atoms with Crippen molar-refractivity contribution in [3.8, 4) is 11.4 Å². The SMILES string of the molecule is Nc1c(-c2nc3ccc(C4CCNCC4)nc3[nH]2)c(=O)[nH]c2sccc12. The van der Waals surface area contributed by atoms with Crippen LogP contribution in [0.4, 0.5) is 5.69 Å². The molecular formula is C18H18N6OS. The van der Waals surface area contributed by atoms with Crippen LogP contribution in [0.15, 0.2) is 28.4 Å². The fourth-order valence-electron chi connectivity index (χ4n) is 3.65. The fourth-order valence-corrected chi connectivity index (χ4v) is 4.45. The molecule has 0 unspecified atom stereocenters. The van der Waals surface area contributed by atoms with E-state index in [1.807, 2.05) is 23.6 Å². The summed E-state index contributed by atoms with van der Waals surface area (Å²) in [5.74, 6) is 0.921. The van der Waals surface area contributed by atoms with Crippen molar-refractivity contribution in [2.75, 3.05) is 18.8 Å². The highest BCUT2D eigenvalue weighted by Gasteiger charge is 2.19. The number of hydrogen-bond donors (Lipinski definition) is 4. The Morgan fingerprint density at radius 3 is 2.81 bits per heavy atom. The Kier molecular flexibility index (Phi) is 3.54. The predicted molar refractivity (Wildman–Crippen MR) is 105 cm³/mol. The summed E-state index contributed by atoms with van der Waals surface area (Å²) in [5.41, 5.74) is 9.35. The van der Waals surface area contributed by atoms with Gasteiger partial charge in [-0.05, 0) is 49.5 Å². The molecule has 7 nitrogen and oxygen atoms in total. The minimum atomic E-state index is -0.241. The lowest BCUT2D eigenvalue weighted by Gasteiger charge is -2.21. The van der Waals surface area contributed by atoms with Crippen LogP contribution in [0.1, 0.15) is 24.5 Å². The molecule has 0 aliphatic carbocycles. The molecule has 0 spiro atoms. The number of nitrogens with two attached hydrogens (primary N) is 1. The molecule has 0 aromatic carbocycles. The molecule has 0 saturated carbocycles. The van der Waals surface area contributed by atoms with E-state index in [9.17, 15) is 4.79 Å². The third-order valence-corrected chi connectivity index (χ3v) is 5.87. The molecule has 132 valence electrons. The number of pyridine rings is 2. The average molecular weight is 366 g/mol. The Hall–Kier alpha value is -2.71. The molecule has 5 N–H and O–H groups in total. The predicted octanol–water partition coefficient (Wildman–Crippen LogP) is 2.58. The number of hydrogen-bond acceptors (Lipinski definition) is 6. The Balaban J connectivity index is 1.63. The smallest absolute Gasteiger partial charge is 0.262 e. The Labute approximate surface area is 152 Å². The summed E-state index contributed by atoms with van der Waals surface area (Å²) in [4.78, 5) is 28.7. The molecule has 1 aliphatic heterocycles. The van der Waals surface area contributed by atoms with E-state index in [-0.39, 0.29) is 5.56 Å². The first-order chi connectivity index (χ1) is 12.7. The lowest BCUT2D eigenvalue weighted by Crippen LogP contribution is -2.27. The molecule has 1 aliphatic rings. The van der Waals surface area contributed by atoms with Crippen molar-refractivity contribution >= 4 is 38.4 Å². The number of rotatable bonds is 2. The van der Waals surface area contributed by atoms with Gasteiger partial charge in [-0.25, -0.2) is 9.97 Å². The molecule has 26 heavy (non-hydrogen) atoms. The van der Waals surface area contributed by atoms with Crippen molar-refractivity contribution in [1.82, 2.24) is 25.3 Å². The second-order valence-corrected chi connectivity index (χ2v) is 7.54. The summed E-state index contributed by atoms with van der Waals surface area (Å²) < 4.78 is 0. The molecule has 0 amide bonds. The monoisotopic (exact) mass is 366 g/mol. The zero-order valence-electron chi connectivity index (χ0n) is 14.0. The second-order valence-electron chi connectivity index (χ2n) is 6.62. The highest BCUT2D eigenvalue weighted by atomic mass is 32.1. The van der Waals surface area contributed by atoms with E-state index in [1.54, 1.807) is 0 Å². The molecule has 1 saturated heterocycles. The molecule has 8 heteroatoms. The zero-order valence-corrected chi connectivity index (χ0v) is 14.8. The van der Waals surface area contributed by atoms with Gasteiger partial charge in [0.05, 0.1) is 5.69 Å². The number of nitrogen functional groups attached to an aromatic ring is 1. The maximum Gasteiger partial charge on any atom is 0.262 e. The second kappa shape index (κ2) is 5.93. The number of nitrogens with one attached hydrogen (secondary N) is 3. The van der Waals surface area contributed by atoms with Gasteiger partial charge in [0.25, 0.3) is 5.56 Å². The van der Waals surface area contributed by atoms with E-state index in [0.29, 0.717) is 28.6 Å². The number of thiophene rings is 1. The van der Waals surface area contributed by atoms with Crippen LogP contribution in [0.2, 0.25) is 0 Å². The molecule has 0 radical (unpaired) electrons. The quantitative estimate of drug-likeness (QED) is 0.435. The lowest BCUT2D eigenvalue weighted by molar-refractivity contribution is 0.454. The van der Waals surface area contributed by atoms with Crippen molar-refractivity contribution in [2.45, 2.75) is 18.8 Å². The van der Waals surface area contributed by atoms with Gasteiger partial charge in [0.2, 0.25) is 0 Å². The van der Waals surface area contributed by atoms with Gasteiger partial charge in [0.15, 0.2) is 5.65 Å². The van der Waals surface area contributed by atoms with Crippen LogP contribution in [-0.2, 0) is 0 Å². The van der Waals surface area contributed by atoms with Crippen LogP contribution < -0.4 is 16.6 Å². The lowest BCUT2D eigenvalue weighted by atomic mass is 9.94. The molecule has 1 fully saturated rings. The molecule has 0 bridgehead atoms. The van der Waals surface area contributed by atoms with Gasteiger partial charge >= 0.3 is 0 Å². The number of aromatic nitrogens is 4. The minimum absolute atomic E-state index is 0.241. The van der Waals surface area contributed by atoms with Gasteiger partial charge in [-0.15, -0.1) is 11.3 Å². The van der Waals surface area contributed by atoms with Crippen LogP contribution in [0, 0.1) is 0 Å². The first kappa shape index (κ1) is 15.5. The first-order valence-corrected chi connectivity index (χ1v) is 9.55. The Morgan fingerprint density at radius 1 is 1.12 bits per heavy atom. The van der Waals surface area contributed by atoms with Crippen LogP contribution in [0.5, 0.6) is 0 Å². The Morgan fingerprint density at radius 2 is 1.96 bits per heavy atom. The topological polar surface area (TPSA) is 112 Å². The molecule has 4 aromatic rings. The number of fused-ring (bicyclic) bond motifs is 2. The van der Waals surface area contributed by atoms with Gasteiger partial charge in [0.1, 0.15) is 21.7 Å². The van der Waals surface area contributed by atoms with Crippen LogP contribution in [0.25, 0.3) is 32.8 Å². The zero-order chi connectivity index (χ0) is 17.7. The van der Waals surface area contributed by atoms with Crippen LogP contribution in [-0.4, -0.2) is 33.0 Å². The average Bonchev–Trinajstić information content (AvgIpc) is 3.28. The maximum absolute atomic E-state index is 12.5. The van der Waals surface area contributed by atoms with Crippen molar-refractivity contribution < 1.29 is 0 Å². The molecule has 5 rings (SSSR count). The summed E-state index contributed by atoms with van der Waals surface area (Å²) in [6.45, 7) is 2.04. The fraction of sp³-hybridized carbons (Fsp3) is 0.278. The van der Waals surface area contributed by atoms with E-state index in [1.165, 1.54) is 11.3 Å². The molecular weight excluding hydrogens is 348 g/mol. The van der Waals surface area contributed by atoms with Crippen molar-refractivity contribution in [3.63, 3.8) is 0 Å². The van der Waals surface area contributed by atoms with E-state index in [4.69, 9.17) is 10.7 Å². The molecule has 0 atom stereocenters. The summed E-state index contributed by atoms with van der Waals surface area (Å²) in [7, 11) is 0. The molecule has 5 heterocycles. The van der Waals surface area contributed by atoms with Crippen molar-refractivity contribution in [2.24, 2.45) is 0 Å². The summed E-state index contributed by atoms with van der Waals surface area (Å²) in [6.07, 6.45) is 2.17. The van der Waals surface area contributed by atoms with E-state index < -0.39 is 0 Å². The highest BCUT2D eigenvalue weighted by molar-refractivity contribution is 7.16. The molecule has 4 aromatic heterocycles. The normalized spacial score (nSPS) is 15.8. The first-order valence-electron chi connectivity index (χ1n) is 8.67. The standard InChI is InChI=1S/C18H18N6OS/c19-14-10-5-8-26-18(10)24-17(25)13(14)16-22-12-2-1-11(21-15(12)23-16)9-3-6-20-7-4-9/h1-2,5,8-9,20H,3-4,6-7H2,(H3,19,24,25)(H,21,22,23). The third-order valence-electron chi connectivity index (χ3n) is 5.04. The number of imidazole rings is 1. The third kappa shape index (κ3) is 2.41. The van der Waals surface area contributed by atoms with Crippen LogP contribution in [0.3, 0.4) is 0 Å². The summed E-state index contributed by atoms with van der Waals surface area (Å²) in [6, 6.07) is 5.91. The van der Waals surface area contributed by atoms with E-state index in [2.05, 4.69) is 20.3 Å². The van der Waals surface area contributed by atoms with Gasteiger partial charge < -0.3 is 21.0 Å². The maximum atomic E-state index is 12.5. The van der Waals surface area contributed by atoms with Crippen LogP contribution >= 0.6 is 11.3 Å². The van der Waals surface area contributed by atoms with E-state index >= 15 is 0 Å². The minimum Gasteiger partial charge on any atom is -0.397 e. The van der Waals surface area contributed by atoms with Gasteiger partial charge in [-0.1, -0.05) is 0 Å². The summed E-state index contributed by atoms with van der Waals surface area (Å²) >= 11 is 1.46. The Bertz CT molecular complexity index is 1170. The number of H-pyrrole nitrogens is 2. The van der Waals surface area contributed by atoms with Crippen molar-refractivity contribution in [3.05, 3.63) is 39.6 Å². The number of nitrogens with zero attached hydrogens (tertiary/aromatic N) is 2. The summed E-state index contributed by atoms with van der Waals surface area (Å²) in [5, 5.41) is 6.12. The van der Waals surface area contributed by atoms with Gasteiger partial charge in [0, 0.05) is 17.0 Å². The largest absolute Gasteiger partial charge is 0.397 e.